The number of aliphatic carboxylic acids is 1. The molecule has 1 N–H and O–H groups in total. The maximum atomic E-state index is 10.5. The SMILES string of the molecule is CC(C)N(CCC(=O)O)CCN1CCCC1. The molecule has 0 saturated carbocycles. The van der Waals surface area contributed by atoms with E-state index in [9.17, 15) is 4.79 Å². The van der Waals surface area contributed by atoms with Gasteiger partial charge in [-0.3, -0.25) is 9.69 Å². The van der Waals surface area contributed by atoms with Gasteiger partial charge < -0.3 is 10.0 Å². The molecule has 0 aromatic heterocycles. The summed E-state index contributed by atoms with van der Waals surface area (Å²) in [5, 5.41) is 8.69. The Morgan fingerprint density at radius 1 is 1.31 bits per heavy atom. The Balaban J connectivity index is 2.23. The number of hydrogen-bond donors (Lipinski definition) is 1. The van der Waals surface area contributed by atoms with Crippen molar-refractivity contribution in [3.63, 3.8) is 0 Å². The second kappa shape index (κ2) is 6.86. The Morgan fingerprint density at radius 3 is 2.44 bits per heavy atom. The molecule has 94 valence electrons. The fraction of sp³-hybridized carbons (Fsp3) is 0.917. The summed E-state index contributed by atoms with van der Waals surface area (Å²) >= 11 is 0. The number of carboxylic acid groups (broad SMARTS) is 1. The van der Waals surface area contributed by atoms with Gasteiger partial charge in [-0.05, 0) is 39.8 Å². The molecule has 16 heavy (non-hydrogen) atoms. The van der Waals surface area contributed by atoms with Crippen LogP contribution in [-0.4, -0.2) is 59.6 Å². The summed E-state index contributed by atoms with van der Waals surface area (Å²) in [4.78, 5) is 15.3. The zero-order valence-electron chi connectivity index (χ0n) is 10.5. The van der Waals surface area contributed by atoms with Gasteiger partial charge in [0.1, 0.15) is 0 Å². The number of carbonyl (C=O) groups is 1. The third-order valence-corrected chi connectivity index (χ3v) is 3.25. The normalized spacial score (nSPS) is 17.5. The van der Waals surface area contributed by atoms with Crippen molar-refractivity contribution in [3.8, 4) is 0 Å². The van der Waals surface area contributed by atoms with Gasteiger partial charge in [-0.25, -0.2) is 0 Å². The molecule has 1 aliphatic heterocycles. The Hall–Kier alpha value is -0.610. The highest BCUT2D eigenvalue weighted by atomic mass is 16.4. The highest BCUT2D eigenvalue weighted by Gasteiger charge is 2.15. The van der Waals surface area contributed by atoms with E-state index in [-0.39, 0.29) is 6.42 Å². The molecule has 0 radical (unpaired) electrons. The monoisotopic (exact) mass is 228 g/mol. The van der Waals surface area contributed by atoms with Crippen molar-refractivity contribution in [1.82, 2.24) is 9.80 Å². The van der Waals surface area contributed by atoms with Gasteiger partial charge in [0.05, 0.1) is 6.42 Å². The second-order valence-corrected chi connectivity index (χ2v) is 4.82. The van der Waals surface area contributed by atoms with E-state index in [0.29, 0.717) is 12.6 Å². The molecule has 1 saturated heterocycles. The van der Waals surface area contributed by atoms with Gasteiger partial charge >= 0.3 is 5.97 Å². The molecule has 1 heterocycles. The molecule has 0 bridgehead atoms. The Labute approximate surface area is 98.2 Å². The Kier molecular flexibility index (Phi) is 5.77. The molecule has 0 amide bonds. The van der Waals surface area contributed by atoms with Crippen molar-refractivity contribution < 1.29 is 9.90 Å². The molecule has 4 heteroatoms. The standard InChI is InChI=1S/C12H24N2O2/c1-11(2)14(8-5-12(15)16)10-9-13-6-3-4-7-13/h11H,3-10H2,1-2H3,(H,15,16). The van der Waals surface area contributed by atoms with E-state index in [0.717, 1.165) is 13.1 Å². The van der Waals surface area contributed by atoms with E-state index < -0.39 is 5.97 Å². The molecule has 0 aromatic rings. The minimum atomic E-state index is -0.702. The van der Waals surface area contributed by atoms with Gasteiger partial charge in [0.25, 0.3) is 0 Å². The number of carboxylic acids is 1. The lowest BCUT2D eigenvalue weighted by Crippen LogP contribution is -2.39. The van der Waals surface area contributed by atoms with Gasteiger partial charge in [0.15, 0.2) is 0 Å². The molecule has 0 aliphatic carbocycles. The average molecular weight is 228 g/mol. The fourth-order valence-corrected chi connectivity index (χ4v) is 2.14. The van der Waals surface area contributed by atoms with Crippen LogP contribution in [0.2, 0.25) is 0 Å². The first-order valence-electron chi connectivity index (χ1n) is 6.28. The predicted octanol–water partition coefficient (Wildman–Crippen LogP) is 1.27. The van der Waals surface area contributed by atoms with Crippen molar-refractivity contribution in [1.29, 1.82) is 0 Å². The van der Waals surface area contributed by atoms with Crippen molar-refractivity contribution in [2.45, 2.75) is 39.2 Å². The lowest BCUT2D eigenvalue weighted by atomic mass is 10.2. The Morgan fingerprint density at radius 2 is 1.94 bits per heavy atom. The van der Waals surface area contributed by atoms with Crippen LogP contribution in [0.4, 0.5) is 0 Å². The summed E-state index contributed by atoms with van der Waals surface area (Å²) in [6, 6.07) is 0.432. The highest BCUT2D eigenvalue weighted by molar-refractivity contribution is 5.66. The van der Waals surface area contributed by atoms with Crippen molar-refractivity contribution >= 4 is 5.97 Å². The summed E-state index contributed by atoms with van der Waals surface area (Å²) in [6.45, 7) is 9.43. The van der Waals surface area contributed by atoms with Crippen LogP contribution >= 0.6 is 0 Å². The predicted molar refractivity (Wildman–Crippen MR) is 64.6 cm³/mol. The maximum absolute atomic E-state index is 10.5. The number of rotatable bonds is 7. The van der Waals surface area contributed by atoms with Crippen LogP contribution < -0.4 is 0 Å². The zero-order valence-corrected chi connectivity index (χ0v) is 10.5. The molecule has 1 fully saturated rings. The van der Waals surface area contributed by atoms with Crippen LogP contribution in [-0.2, 0) is 4.79 Å². The first-order chi connectivity index (χ1) is 7.59. The van der Waals surface area contributed by atoms with E-state index in [2.05, 4.69) is 23.6 Å². The molecular weight excluding hydrogens is 204 g/mol. The summed E-state index contributed by atoms with van der Waals surface area (Å²) in [6.07, 6.45) is 2.88. The van der Waals surface area contributed by atoms with Gasteiger partial charge in [-0.15, -0.1) is 0 Å². The van der Waals surface area contributed by atoms with Gasteiger partial charge in [-0.1, -0.05) is 0 Å². The first-order valence-corrected chi connectivity index (χ1v) is 6.28. The lowest BCUT2D eigenvalue weighted by Gasteiger charge is -2.28. The number of nitrogens with zero attached hydrogens (tertiary/aromatic N) is 2. The minimum Gasteiger partial charge on any atom is -0.481 e. The van der Waals surface area contributed by atoms with Crippen molar-refractivity contribution in [2.24, 2.45) is 0 Å². The molecule has 1 aliphatic rings. The van der Waals surface area contributed by atoms with Crippen LogP contribution in [0.25, 0.3) is 0 Å². The third-order valence-electron chi connectivity index (χ3n) is 3.25. The van der Waals surface area contributed by atoms with Crippen molar-refractivity contribution in [3.05, 3.63) is 0 Å². The Bertz CT molecular complexity index is 213. The molecule has 0 unspecified atom stereocenters. The smallest absolute Gasteiger partial charge is 0.304 e. The van der Waals surface area contributed by atoms with Crippen LogP contribution in [0.3, 0.4) is 0 Å². The van der Waals surface area contributed by atoms with Crippen LogP contribution in [0.1, 0.15) is 33.1 Å². The number of likely N-dealkylation sites (tertiary alicyclic amines) is 1. The fourth-order valence-electron chi connectivity index (χ4n) is 2.14. The van der Waals surface area contributed by atoms with E-state index in [1.807, 2.05) is 0 Å². The van der Waals surface area contributed by atoms with E-state index >= 15 is 0 Å². The van der Waals surface area contributed by atoms with E-state index in [1.165, 1.54) is 25.9 Å². The lowest BCUT2D eigenvalue weighted by molar-refractivity contribution is -0.137. The summed E-state index contributed by atoms with van der Waals surface area (Å²) in [7, 11) is 0. The van der Waals surface area contributed by atoms with E-state index in [1.54, 1.807) is 0 Å². The minimum absolute atomic E-state index is 0.248. The van der Waals surface area contributed by atoms with Gasteiger partial charge in [0.2, 0.25) is 0 Å². The molecule has 4 nitrogen and oxygen atoms in total. The summed E-state index contributed by atoms with van der Waals surface area (Å²) in [5.41, 5.74) is 0. The highest BCUT2D eigenvalue weighted by Crippen LogP contribution is 2.08. The zero-order chi connectivity index (χ0) is 12.0. The van der Waals surface area contributed by atoms with Gasteiger partial charge in [-0.2, -0.15) is 0 Å². The first kappa shape index (κ1) is 13.5. The van der Waals surface area contributed by atoms with Crippen LogP contribution in [0.5, 0.6) is 0 Å². The topological polar surface area (TPSA) is 43.8 Å². The molecule has 0 aromatic carbocycles. The maximum Gasteiger partial charge on any atom is 0.304 e. The quantitative estimate of drug-likeness (QED) is 0.712. The van der Waals surface area contributed by atoms with Crippen LogP contribution in [0.15, 0.2) is 0 Å². The van der Waals surface area contributed by atoms with Crippen molar-refractivity contribution in [2.75, 3.05) is 32.7 Å². The molecule has 1 rings (SSSR count). The summed E-state index contributed by atoms with van der Waals surface area (Å²) < 4.78 is 0. The van der Waals surface area contributed by atoms with Gasteiger partial charge in [0, 0.05) is 25.7 Å². The van der Waals surface area contributed by atoms with E-state index in [4.69, 9.17) is 5.11 Å². The third kappa shape index (κ3) is 4.94. The summed E-state index contributed by atoms with van der Waals surface area (Å²) in [5.74, 6) is -0.702. The second-order valence-electron chi connectivity index (χ2n) is 4.82. The average Bonchev–Trinajstić information content (AvgIpc) is 2.69. The molecule has 0 spiro atoms. The van der Waals surface area contributed by atoms with Crippen LogP contribution in [0, 0.1) is 0 Å². The molecular formula is C12H24N2O2. The largest absolute Gasteiger partial charge is 0.481 e. The molecule has 0 atom stereocenters. The number of hydrogen-bond acceptors (Lipinski definition) is 3.